The summed E-state index contributed by atoms with van der Waals surface area (Å²) in [5, 5.41) is 26.0. The van der Waals surface area contributed by atoms with E-state index in [1.54, 1.807) is 31.5 Å². The van der Waals surface area contributed by atoms with Crippen molar-refractivity contribution in [3.05, 3.63) is 169 Å². The number of aromatic nitrogens is 6. The molecule has 0 radical (unpaired) electrons. The van der Waals surface area contributed by atoms with Gasteiger partial charge < -0.3 is 21.7 Å². The Kier molecular flexibility index (Phi) is 17.7. The summed E-state index contributed by atoms with van der Waals surface area (Å²) in [6, 6.07) is 15.9. The van der Waals surface area contributed by atoms with Crippen molar-refractivity contribution in [2.45, 2.75) is 51.9 Å². The fourth-order valence-electron chi connectivity index (χ4n) is 5.13. The molecule has 0 aliphatic heterocycles. The van der Waals surface area contributed by atoms with Crippen LogP contribution in [0.15, 0.2) is 94.7 Å². The lowest BCUT2D eigenvalue weighted by atomic mass is 10.1. The number of nitrogens with one attached hydrogen (secondary N) is 3. The highest BCUT2D eigenvalue weighted by Gasteiger charge is 2.22. The van der Waals surface area contributed by atoms with Gasteiger partial charge in [-0.15, -0.1) is 0 Å². The van der Waals surface area contributed by atoms with Gasteiger partial charge in [-0.05, 0) is 118 Å². The number of amides is 2. The second kappa shape index (κ2) is 22.9. The maximum atomic E-state index is 13.5. The molecule has 324 valence electrons. The van der Waals surface area contributed by atoms with Gasteiger partial charge in [-0.1, -0.05) is 24.3 Å². The predicted octanol–water partition coefficient (Wildman–Crippen LogP) is 8.57. The van der Waals surface area contributed by atoms with Crippen LogP contribution in [0.5, 0.6) is 0 Å². The van der Waals surface area contributed by atoms with Gasteiger partial charge in [0.05, 0.1) is 30.5 Å². The molecule has 21 heteroatoms. The molecule has 2 aromatic carbocycles. The van der Waals surface area contributed by atoms with Gasteiger partial charge >= 0.3 is 0 Å². The van der Waals surface area contributed by atoms with E-state index in [0.29, 0.717) is 10.2 Å². The van der Waals surface area contributed by atoms with Gasteiger partial charge in [0.1, 0.15) is 21.3 Å². The number of benzene rings is 2. The molecule has 0 unspecified atom stereocenters. The van der Waals surface area contributed by atoms with Gasteiger partial charge in [0, 0.05) is 18.4 Å². The van der Waals surface area contributed by atoms with Crippen LogP contribution in [0.2, 0.25) is 0 Å². The van der Waals surface area contributed by atoms with Gasteiger partial charge in [-0.25, -0.2) is 47.5 Å². The number of anilines is 1. The highest BCUT2D eigenvalue weighted by atomic mass is 79.9. The average molecular weight is 995 g/mol. The van der Waals surface area contributed by atoms with Crippen molar-refractivity contribution < 1.29 is 31.5 Å². The molecule has 0 aliphatic rings. The Labute approximate surface area is 374 Å². The topological polar surface area (TPSA) is 221 Å². The van der Waals surface area contributed by atoms with Gasteiger partial charge in [0.25, 0.3) is 11.8 Å². The first-order chi connectivity index (χ1) is 29.9. The number of hydrogen-bond donors (Lipinski definition) is 4. The number of nitrogens with two attached hydrogens (primary N) is 1. The monoisotopic (exact) mass is 992 g/mol. The molecule has 0 saturated heterocycles. The number of rotatable bonds is 10. The highest BCUT2D eigenvalue weighted by molar-refractivity contribution is 9.10. The van der Waals surface area contributed by atoms with Crippen molar-refractivity contribution in [3.8, 4) is 12.1 Å². The summed E-state index contributed by atoms with van der Waals surface area (Å²) in [5.74, 6) is -6.55. The van der Waals surface area contributed by atoms with E-state index in [-0.39, 0.29) is 40.5 Å². The van der Waals surface area contributed by atoms with Gasteiger partial charge in [0.15, 0.2) is 51.9 Å². The molecule has 63 heavy (non-hydrogen) atoms. The first kappa shape index (κ1) is 48.9. The number of nitriles is 2. The summed E-state index contributed by atoms with van der Waals surface area (Å²) in [5.41, 5.74) is 7.19. The molecule has 4 heterocycles. The van der Waals surface area contributed by atoms with Crippen LogP contribution in [0, 0.1) is 51.9 Å². The van der Waals surface area contributed by atoms with E-state index in [1.807, 2.05) is 38.1 Å². The molecule has 0 bridgehead atoms. The maximum Gasteiger partial charge on any atom is 0.275 e. The Hall–Kier alpha value is -6.81. The zero-order chi connectivity index (χ0) is 46.4. The Balaban J connectivity index is 0.000000235. The van der Waals surface area contributed by atoms with Crippen molar-refractivity contribution >= 4 is 49.5 Å². The molecule has 6 aromatic rings. The molecule has 14 nitrogen and oxygen atoms in total. The lowest BCUT2D eigenvalue weighted by Gasteiger charge is -2.18. The van der Waals surface area contributed by atoms with Gasteiger partial charge in [-0.2, -0.15) is 14.9 Å². The summed E-state index contributed by atoms with van der Waals surface area (Å²) in [6.45, 7) is 6.92. The van der Waals surface area contributed by atoms with E-state index in [2.05, 4.69) is 77.7 Å². The molecule has 4 atom stereocenters. The highest BCUT2D eigenvalue weighted by Crippen LogP contribution is 2.23. The van der Waals surface area contributed by atoms with Crippen molar-refractivity contribution in [2.75, 3.05) is 5.32 Å². The van der Waals surface area contributed by atoms with Gasteiger partial charge in [-0.3, -0.25) is 9.59 Å². The van der Waals surface area contributed by atoms with Gasteiger partial charge in [0.2, 0.25) is 5.95 Å². The van der Waals surface area contributed by atoms with Crippen LogP contribution in [-0.2, 0) is 0 Å². The second-order valence-electron chi connectivity index (χ2n) is 13.3. The normalized spacial score (nSPS) is 12.3. The van der Waals surface area contributed by atoms with E-state index in [4.69, 9.17) is 16.3 Å². The second-order valence-corrected chi connectivity index (χ2v) is 14.9. The molecular weight excluding hydrogens is 959 g/mol. The van der Waals surface area contributed by atoms with Crippen LogP contribution in [0.1, 0.15) is 106 Å². The van der Waals surface area contributed by atoms with Crippen molar-refractivity contribution in [3.63, 3.8) is 0 Å². The standard InChI is InChI=1S/C21H17BrF2N6O.C14H9F3N4O.C7H9BrN2/c1-11(13-3-5-16(23)17(24)7-13)29-21(31)19-20(27-10-15(8-25)30-19)28-12(2)14-4-6-18(22)26-9-14;1-7(8-2-3-10(15)11(16)4-8)20-14(22)12-13(17)19-6-9(5-18)21-12;1-5(9)6-2-3-7(8)10-4-6/h3-7,9-12H,1-2H3,(H,27,28)(H,29,31);2-4,6-7H,1H3,(H,20,22);2-5H,9H2,1H3/t11-,12+;7-;5-/m001/s1. The number of carbonyl (C=O) groups excluding carboxylic acids is 2. The Bertz CT molecular complexity index is 2650. The molecule has 0 aliphatic carbocycles. The Morgan fingerprint density at radius 3 is 1.48 bits per heavy atom. The SMILES string of the molecule is C[C@@H](N)c1ccc(Br)nc1.C[C@H](NC(=O)c1nc(C#N)cnc1F)c1ccc(F)c(F)c1.C[C@H](NC(=O)c1nc(C#N)cnc1N[C@H](C)c1ccc(Br)nc1)c1ccc(F)c(F)c1. The summed E-state index contributed by atoms with van der Waals surface area (Å²) >= 11 is 6.52. The summed E-state index contributed by atoms with van der Waals surface area (Å²) < 4.78 is 67.7. The minimum Gasteiger partial charge on any atom is -0.362 e. The summed E-state index contributed by atoms with van der Waals surface area (Å²) in [6.07, 6.45) is 5.59. The Morgan fingerprint density at radius 2 is 1.03 bits per heavy atom. The number of halogens is 7. The smallest absolute Gasteiger partial charge is 0.275 e. The third-order valence-electron chi connectivity index (χ3n) is 8.62. The number of pyridine rings is 2. The molecule has 2 amide bonds. The van der Waals surface area contributed by atoms with Crippen LogP contribution in [0.25, 0.3) is 0 Å². The number of nitrogens with zero attached hydrogens (tertiary/aromatic N) is 8. The van der Waals surface area contributed by atoms with Crippen LogP contribution in [0.3, 0.4) is 0 Å². The lowest BCUT2D eigenvalue weighted by Crippen LogP contribution is -2.29. The number of hydrogen-bond acceptors (Lipinski definition) is 12. The summed E-state index contributed by atoms with van der Waals surface area (Å²) in [7, 11) is 0. The van der Waals surface area contributed by atoms with Crippen LogP contribution in [-0.4, -0.2) is 41.7 Å². The van der Waals surface area contributed by atoms with Crippen LogP contribution < -0.4 is 21.7 Å². The van der Waals surface area contributed by atoms with E-state index < -0.39 is 58.8 Å². The fraction of sp³-hybridized carbons (Fsp3) is 0.190. The largest absolute Gasteiger partial charge is 0.362 e. The third-order valence-corrected chi connectivity index (χ3v) is 9.56. The molecule has 5 N–H and O–H groups in total. The quantitative estimate of drug-likeness (QED) is 0.0749. The van der Waals surface area contributed by atoms with E-state index in [0.717, 1.165) is 46.2 Å². The molecular formula is C42H35Br2F5N12O2. The first-order valence-electron chi connectivity index (χ1n) is 18.4. The zero-order valence-corrected chi connectivity index (χ0v) is 36.7. The number of carbonyl (C=O) groups is 2. The summed E-state index contributed by atoms with van der Waals surface area (Å²) in [4.78, 5) is 48.0. The van der Waals surface area contributed by atoms with E-state index >= 15 is 0 Å². The minimum atomic E-state index is -1.13. The Morgan fingerprint density at radius 1 is 0.587 bits per heavy atom. The average Bonchev–Trinajstić information content (AvgIpc) is 3.26. The molecule has 6 rings (SSSR count). The van der Waals surface area contributed by atoms with E-state index in [1.165, 1.54) is 25.3 Å². The van der Waals surface area contributed by atoms with Crippen molar-refractivity contribution in [1.82, 2.24) is 40.5 Å². The minimum absolute atomic E-state index is 0.0332. The molecule has 0 fully saturated rings. The zero-order valence-electron chi connectivity index (χ0n) is 33.5. The predicted molar refractivity (Wildman–Crippen MR) is 226 cm³/mol. The third kappa shape index (κ3) is 14.1. The van der Waals surface area contributed by atoms with Crippen molar-refractivity contribution in [2.24, 2.45) is 5.73 Å². The molecule has 4 aromatic heterocycles. The lowest BCUT2D eigenvalue weighted by molar-refractivity contribution is 0.0923. The van der Waals surface area contributed by atoms with Crippen LogP contribution >= 0.6 is 31.9 Å². The molecule has 0 spiro atoms. The van der Waals surface area contributed by atoms with Crippen LogP contribution in [0.4, 0.5) is 27.8 Å². The fourth-order valence-corrected chi connectivity index (χ4v) is 5.60. The molecule has 0 saturated carbocycles. The maximum absolute atomic E-state index is 13.5. The van der Waals surface area contributed by atoms with E-state index in [9.17, 15) is 31.5 Å². The first-order valence-corrected chi connectivity index (χ1v) is 20.0. The van der Waals surface area contributed by atoms with Crippen molar-refractivity contribution in [1.29, 1.82) is 10.5 Å².